The lowest BCUT2D eigenvalue weighted by atomic mass is 10.2. The van der Waals surface area contributed by atoms with Gasteiger partial charge in [-0.3, -0.25) is 4.79 Å². The van der Waals surface area contributed by atoms with Gasteiger partial charge in [0.05, 0.1) is 4.90 Å². The largest absolute Gasteiger partial charge is 0.478 e. The van der Waals surface area contributed by atoms with Crippen molar-refractivity contribution in [2.24, 2.45) is 5.73 Å². The predicted octanol–water partition coefficient (Wildman–Crippen LogP) is 1.40. The van der Waals surface area contributed by atoms with Gasteiger partial charge in [-0.05, 0) is 24.6 Å². The highest BCUT2D eigenvalue weighted by Gasteiger charge is 2.19. The van der Waals surface area contributed by atoms with Crippen molar-refractivity contribution in [1.29, 1.82) is 0 Å². The Morgan fingerprint density at radius 3 is 2.56 bits per heavy atom. The number of rotatable bonds is 5. The van der Waals surface area contributed by atoms with E-state index in [0.717, 1.165) is 12.1 Å². The van der Waals surface area contributed by atoms with E-state index in [0.29, 0.717) is 6.07 Å². The first kappa shape index (κ1) is 14.7. The second kappa shape index (κ2) is 5.53. The van der Waals surface area contributed by atoms with E-state index in [9.17, 15) is 17.6 Å². The molecule has 1 unspecified atom stereocenters. The van der Waals surface area contributed by atoms with Crippen LogP contribution < -0.4 is 10.5 Å². The van der Waals surface area contributed by atoms with E-state index >= 15 is 0 Å². The Morgan fingerprint density at radius 1 is 1.56 bits per heavy atom. The average Bonchev–Trinajstić information content (AvgIpc) is 2.25. The highest BCUT2D eigenvalue weighted by Crippen LogP contribution is 2.24. The van der Waals surface area contributed by atoms with Gasteiger partial charge in [0.15, 0.2) is 17.7 Å². The minimum Gasteiger partial charge on any atom is -0.478 e. The van der Waals surface area contributed by atoms with Gasteiger partial charge < -0.3 is 10.5 Å². The number of carbonyl (C=O) groups is 1. The molecule has 0 aromatic heterocycles. The number of amides is 1. The molecular formula is C10H11ClFNO4S. The van der Waals surface area contributed by atoms with Crippen LogP contribution in [-0.4, -0.2) is 20.4 Å². The number of benzene rings is 1. The summed E-state index contributed by atoms with van der Waals surface area (Å²) >= 11 is 0. The molecule has 0 heterocycles. The second-order valence-electron chi connectivity index (χ2n) is 3.45. The smallest absolute Gasteiger partial charge is 0.261 e. The van der Waals surface area contributed by atoms with Crippen LogP contribution in [0.3, 0.4) is 0 Å². The molecule has 2 N–H and O–H groups in total. The van der Waals surface area contributed by atoms with Gasteiger partial charge in [0.1, 0.15) is 0 Å². The SMILES string of the molecule is CCC(Oc1ccc(S(=O)(=O)Cl)cc1F)C(N)=O. The Balaban J connectivity index is 3.03. The minimum absolute atomic E-state index is 0.260. The summed E-state index contributed by atoms with van der Waals surface area (Å²) in [6, 6.07) is 2.87. The first-order valence-corrected chi connectivity index (χ1v) is 7.26. The topological polar surface area (TPSA) is 86.5 Å². The number of carbonyl (C=O) groups excluding carboxylic acids is 1. The lowest BCUT2D eigenvalue weighted by Gasteiger charge is -2.14. The van der Waals surface area contributed by atoms with Crippen molar-refractivity contribution < 1.29 is 22.3 Å². The van der Waals surface area contributed by atoms with Crippen LogP contribution in [-0.2, 0) is 13.8 Å². The fourth-order valence-corrected chi connectivity index (χ4v) is 1.99. The van der Waals surface area contributed by atoms with Crippen molar-refractivity contribution in [2.45, 2.75) is 24.3 Å². The fraction of sp³-hybridized carbons (Fsp3) is 0.300. The summed E-state index contributed by atoms with van der Waals surface area (Å²) < 4.78 is 40.5. The van der Waals surface area contributed by atoms with Gasteiger partial charge >= 0.3 is 0 Å². The quantitative estimate of drug-likeness (QED) is 0.832. The third-order valence-electron chi connectivity index (χ3n) is 2.14. The van der Waals surface area contributed by atoms with Crippen LogP contribution in [0.25, 0.3) is 0 Å². The molecule has 0 fully saturated rings. The molecule has 1 aromatic rings. The lowest BCUT2D eigenvalue weighted by molar-refractivity contribution is -0.124. The molecule has 0 bridgehead atoms. The Hall–Kier alpha value is -1.34. The van der Waals surface area contributed by atoms with Crippen LogP contribution >= 0.6 is 10.7 Å². The van der Waals surface area contributed by atoms with Gasteiger partial charge in [0, 0.05) is 10.7 Å². The molecule has 18 heavy (non-hydrogen) atoms. The number of nitrogens with two attached hydrogens (primary N) is 1. The number of primary amides is 1. The minimum atomic E-state index is -4.01. The van der Waals surface area contributed by atoms with Crippen molar-refractivity contribution in [3.05, 3.63) is 24.0 Å². The maximum absolute atomic E-state index is 13.5. The molecule has 1 amide bonds. The zero-order chi connectivity index (χ0) is 13.9. The molecule has 100 valence electrons. The summed E-state index contributed by atoms with van der Waals surface area (Å²) in [4.78, 5) is 10.5. The summed E-state index contributed by atoms with van der Waals surface area (Å²) in [6.45, 7) is 1.64. The van der Waals surface area contributed by atoms with Crippen LogP contribution in [0.1, 0.15) is 13.3 Å². The lowest BCUT2D eigenvalue weighted by Crippen LogP contribution is -2.33. The van der Waals surface area contributed by atoms with Gasteiger partial charge in [0.25, 0.3) is 15.0 Å². The zero-order valence-corrected chi connectivity index (χ0v) is 11.0. The highest BCUT2D eigenvalue weighted by atomic mass is 35.7. The van der Waals surface area contributed by atoms with Crippen LogP contribution in [0.15, 0.2) is 23.1 Å². The molecule has 8 heteroatoms. The van der Waals surface area contributed by atoms with Gasteiger partial charge in [-0.2, -0.15) is 0 Å². The normalized spacial score (nSPS) is 13.1. The van der Waals surface area contributed by atoms with E-state index in [1.165, 1.54) is 0 Å². The van der Waals surface area contributed by atoms with Gasteiger partial charge in [-0.25, -0.2) is 12.8 Å². The summed E-state index contributed by atoms with van der Waals surface area (Å²) in [6.07, 6.45) is -0.706. The van der Waals surface area contributed by atoms with Crippen molar-refractivity contribution in [3.8, 4) is 5.75 Å². The van der Waals surface area contributed by atoms with Crippen molar-refractivity contribution in [2.75, 3.05) is 0 Å². The molecule has 1 rings (SSSR count). The van der Waals surface area contributed by atoms with Crippen LogP contribution in [0.2, 0.25) is 0 Å². The molecule has 0 saturated heterocycles. The van der Waals surface area contributed by atoms with Crippen molar-refractivity contribution in [1.82, 2.24) is 0 Å². The van der Waals surface area contributed by atoms with E-state index < -0.39 is 26.9 Å². The predicted molar refractivity (Wildman–Crippen MR) is 63.3 cm³/mol. The molecule has 0 aliphatic rings. The number of ether oxygens (including phenoxy) is 1. The Labute approximate surface area is 108 Å². The fourth-order valence-electron chi connectivity index (χ4n) is 1.22. The molecule has 0 radical (unpaired) electrons. The van der Waals surface area contributed by atoms with E-state index in [1.807, 2.05) is 0 Å². The van der Waals surface area contributed by atoms with Crippen LogP contribution in [0.5, 0.6) is 5.75 Å². The monoisotopic (exact) mass is 295 g/mol. The molecule has 1 atom stereocenters. The Bertz CT molecular complexity index is 561. The van der Waals surface area contributed by atoms with E-state index in [4.69, 9.17) is 21.2 Å². The number of halogens is 2. The second-order valence-corrected chi connectivity index (χ2v) is 6.01. The molecule has 1 aromatic carbocycles. The molecule has 0 saturated carbocycles. The molecule has 0 aliphatic carbocycles. The Morgan fingerprint density at radius 2 is 2.17 bits per heavy atom. The van der Waals surface area contributed by atoms with Crippen LogP contribution in [0, 0.1) is 5.82 Å². The maximum Gasteiger partial charge on any atom is 0.261 e. The number of hydrogen-bond acceptors (Lipinski definition) is 4. The highest BCUT2D eigenvalue weighted by molar-refractivity contribution is 8.13. The van der Waals surface area contributed by atoms with E-state index in [1.54, 1.807) is 6.92 Å². The van der Waals surface area contributed by atoms with Crippen LogP contribution in [0.4, 0.5) is 4.39 Å². The maximum atomic E-state index is 13.5. The summed E-state index contributed by atoms with van der Waals surface area (Å²) in [5.74, 6) is -1.92. The van der Waals surface area contributed by atoms with Gasteiger partial charge in [-0.15, -0.1) is 0 Å². The average molecular weight is 296 g/mol. The Kier molecular flexibility index (Phi) is 4.53. The summed E-state index contributed by atoms with van der Waals surface area (Å²) in [5.41, 5.74) is 5.04. The molecule has 5 nitrogen and oxygen atoms in total. The third kappa shape index (κ3) is 3.58. The first-order valence-electron chi connectivity index (χ1n) is 4.96. The van der Waals surface area contributed by atoms with E-state index in [-0.39, 0.29) is 17.1 Å². The van der Waals surface area contributed by atoms with Gasteiger partial charge in [-0.1, -0.05) is 6.92 Å². The number of hydrogen-bond donors (Lipinski definition) is 1. The van der Waals surface area contributed by atoms with Gasteiger partial charge in [0.2, 0.25) is 0 Å². The first-order chi connectivity index (χ1) is 8.25. The standard InChI is InChI=1S/C10H11ClFNO4S/c1-2-8(10(13)14)17-9-4-3-6(5-7(9)12)18(11,15)16/h3-5,8H,2H2,1H3,(H2,13,14). The zero-order valence-electron chi connectivity index (χ0n) is 9.39. The molecular weight excluding hydrogens is 285 g/mol. The summed E-state index contributed by atoms with van der Waals surface area (Å²) in [7, 11) is 1.05. The van der Waals surface area contributed by atoms with E-state index in [2.05, 4.69) is 0 Å². The molecule has 0 aliphatic heterocycles. The molecule has 0 spiro atoms. The van der Waals surface area contributed by atoms with Crippen molar-refractivity contribution in [3.63, 3.8) is 0 Å². The third-order valence-corrected chi connectivity index (χ3v) is 3.49. The van der Waals surface area contributed by atoms with Crippen molar-refractivity contribution >= 4 is 25.6 Å². The summed E-state index contributed by atoms with van der Waals surface area (Å²) in [5, 5.41) is 0.